The van der Waals surface area contributed by atoms with Gasteiger partial charge < -0.3 is 15.1 Å². The molecule has 0 aromatic rings. The second-order valence-corrected chi connectivity index (χ2v) is 4.83. The number of nitrogens with one attached hydrogen (secondary N) is 1. The van der Waals surface area contributed by atoms with Crippen LogP contribution in [-0.4, -0.2) is 53.5 Å². The Balaban J connectivity index is 1.91. The molecule has 16 heavy (non-hydrogen) atoms. The van der Waals surface area contributed by atoms with Crippen molar-refractivity contribution >= 4 is 11.9 Å². The minimum Gasteiger partial charge on any atom is -0.336 e. The number of hydrogen-bond acceptors (Lipinski definition) is 2. The first-order valence-electron chi connectivity index (χ1n) is 5.93. The third kappa shape index (κ3) is 2.13. The molecule has 90 valence electrons. The highest BCUT2D eigenvalue weighted by molar-refractivity contribution is 5.80. The first kappa shape index (κ1) is 11.2. The Labute approximate surface area is 95.8 Å². The molecule has 1 N–H and O–H groups in total. The first-order valence-corrected chi connectivity index (χ1v) is 5.93. The lowest BCUT2D eigenvalue weighted by Gasteiger charge is -2.37. The number of amides is 3. The molecule has 0 radical (unpaired) electrons. The number of urea groups is 1. The third-order valence-corrected chi connectivity index (χ3v) is 3.19. The molecule has 5 heteroatoms. The van der Waals surface area contributed by atoms with Crippen molar-refractivity contribution in [1.29, 1.82) is 0 Å². The van der Waals surface area contributed by atoms with Crippen molar-refractivity contribution in [3.05, 3.63) is 0 Å². The highest BCUT2D eigenvalue weighted by Crippen LogP contribution is 2.22. The molecule has 0 spiro atoms. The lowest BCUT2D eigenvalue weighted by molar-refractivity contribution is -0.130. The van der Waals surface area contributed by atoms with Crippen molar-refractivity contribution in [3.8, 4) is 0 Å². The molecule has 0 aliphatic carbocycles. The van der Waals surface area contributed by atoms with Gasteiger partial charge in [-0.05, 0) is 20.3 Å². The van der Waals surface area contributed by atoms with E-state index in [0.717, 1.165) is 6.42 Å². The van der Waals surface area contributed by atoms with Crippen LogP contribution in [0.5, 0.6) is 0 Å². The summed E-state index contributed by atoms with van der Waals surface area (Å²) in [7, 11) is 0. The van der Waals surface area contributed by atoms with Gasteiger partial charge in [-0.25, -0.2) is 4.79 Å². The summed E-state index contributed by atoms with van der Waals surface area (Å²) in [6.07, 6.45) is 1.54. The number of piperazine rings is 1. The Hall–Kier alpha value is -1.26. The van der Waals surface area contributed by atoms with Crippen LogP contribution in [0.4, 0.5) is 4.79 Å². The highest BCUT2D eigenvalue weighted by Gasteiger charge is 2.36. The maximum atomic E-state index is 11.8. The van der Waals surface area contributed by atoms with E-state index in [-0.39, 0.29) is 24.0 Å². The molecule has 0 aromatic heterocycles. The summed E-state index contributed by atoms with van der Waals surface area (Å²) in [6.45, 7) is 5.93. The molecule has 5 nitrogen and oxygen atoms in total. The lowest BCUT2D eigenvalue weighted by atomic mass is 10.1. The molecular formula is C11H19N3O2. The van der Waals surface area contributed by atoms with E-state index in [1.165, 1.54) is 0 Å². The molecule has 1 unspecified atom stereocenters. The zero-order chi connectivity index (χ0) is 11.7. The standard InChI is InChI=1S/C11H19N3O2/c1-8(2)12-11(16)13-5-6-14-9(7-13)3-4-10(14)15/h8-9H,3-7H2,1-2H3,(H,12,16). The number of carbonyl (C=O) groups excluding carboxylic acids is 2. The van der Waals surface area contributed by atoms with Gasteiger partial charge in [0.15, 0.2) is 0 Å². The second-order valence-electron chi connectivity index (χ2n) is 4.83. The van der Waals surface area contributed by atoms with Crippen LogP contribution in [0.15, 0.2) is 0 Å². The van der Waals surface area contributed by atoms with Crippen molar-refractivity contribution in [2.45, 2.75) is 38.8 Å². The molecular weight excluding hydrogens is 206 g/mol. The normalized spacial score (nSPS) is 24.9. The zero-order valence-electron chi connectivity index (χ0n) is 9.90. The van der Waals surface area contributed by atoms with Gasteiger partial charge >= 0.3 is 6.03 Å². The van der Waals surface area contributed by atoms with Gasteiger partial charge in [-0.1, -0.05) is 0 Å². The molecule has 2 rings (SSSR count). The van der Waals surface area contributed by atoms with Crippen molar-refractivity contribution in [1.82, 2.24) is 15.1 Å². The van der Waals surface area contributed by atoms with Crippen LogP contribution in [0.2, 0.25) is 0 Å². The third-order valence-electron chi connectivity index (χ3n) is 3.19. The van der Waals surface area contributed by atoms with E-state index in [1.54, 1.807) is 0 Å². The summed E-state index contributed by atoms with van der Waals surface area (Å²) in [6, 6.07) is 0.406. The van der Waals surface area contributed by atoms with E-state index in [4.69, 9.17) is 0 Å². The van der Waals surface area contributed by atoms with E-state index in [0.29, 0.717) is 26.1 Å². The quantitative estimate of drug-likeness (QED) is 0.702. The highest BCUT2D eigenvalue weighted by atomic mass is 16.2. The molecule has 2 aliphatic heterocycles. The topological polar surface area (TPSA) is 52.7 Å². The van der Waals surface area contributed by atoms with Gasteiger partial charge in [-0.3, -0.25) is 4.79 Å². The van der Waals surface area contributed by atoms with Crippen molar-refractivity contribution in [3.63, 3.8) is 0 Å². The summed E-state index contributed by atoms with van der Waals surface area (Å²) < 4.78 is 0. The van der Waals surface area contributed by atoms with E-state index in [2.05, 4.69) is 5.32 Å². The number of carbonyl (C=O) groups is 2. The summed E-state index contributed by atoms with van der Waals surface area (Å²) in [5.74, 6) is 0.244. The molecule has 2 saturated heterocycles. The molecule has 2 heterocycles. The van der Waals surface area contributed by atoms with E-state index >= 15 is 0 Å². The van der Waals surface area contributed by atoms with Gasteiger partial charge in [0.2, 0.25) is 5.91 Å². The van der Waals surface area contributed by atoms with Gasteiger partial charge in [0.1, 0.15) is 0 Å². The number of nitrogens with zero attached hydrogens (tertiary/aromatic N) is 2. The summed E-state index contributed by atoms with van der Waals surface area (Å²) in [5.41, 5.74) is 0. The average molecular weight is 225 g/mol. The van der Waals surface area contributed by atoms with Gasteiger partial charge in [0.25, 0.3) is 0 Å². The van der Waals surface area contributed by atoms with Crippen LogP contribution in [0.25, 0.3) is 0 Å². The van der Waals surface area contributed by atoms with Crippen LogP contribution in [0.3, 0.4) is 0 Å². The maximum absolute atomic E-state index is 11.8. The molecule has 1 atom stereocenters. The molecule has 0 bridgehead atoms. The van der Waals surface area contributed by atoms with Crippen molar-refractivity contribution in [2.75, 3.05) is 19.6 Å². The number of fused-ring (bicyclic) bond motifs is 1. The van der Waals surface area contributed by atoms with E-state index < -0.39 is 0 Å². The van der Waals surface area contributed by atoms with Gasteiger partial charge in [0.05, 0.1) is 0 Å². The van der Waals surface area contributed by atoms with E-state index in [1.807, 2.05) is 23.6 Å². The fourth-order valence-corrected chi connectivity index (χ4v) is 2.39. The fraction of sp³-hybridized carbons (Fsp3) is 0.818. The van der Waals surface area contributed by atoms with Crippen LogP contribution < -0.4 is 5.32 Å². The summed E-state index contributed by atoms with van der Waals surface area (Å²) >= 11 is 0. The Morgan fingerprint density at radius 1 is 1.44 bits per heavy atom. The number of hydrogen-bond donors (Lipinski definition) is 1. The molecule has 2 fully saturated rings. The first-order chi connectivity index (χ1) is 7.58. The minimum atomic E-state index is -0.00556. The van der Waals surface area contributed by atoms with Crippen LogP contribution in [0, 0.1) is 0 Å². The molecule has 0 aromatic carbocycles. The molecule has 0 saturated carbocycles. The van der Waals surface area contributed by atoms with Gasteiger partial charge in [-0.2, -0.15) is 0 Å². The summed E-state index contributed by atoms with van der Waals surface area (Å²) in [4.78, 5) is 27.0. The van der Waals surface area contributed by atoms with Crippen LogP contribution >= 0.6 is 0 Å². The fourth-order valence-electron chi connectivity index (χ4n) is 2.39. The Morgan fingerprint density at radius 3 is 2.88 bits per heavy atom. The largest absolute Gasteiger partial charge is 0.336 e. The minimum absolute atomic E-state index is 0.00556. The van der Waals surface area contributed by atoms with Crippen LogP contribution in [0.1, 0.15) is 26.7 Å². The molecule has 3 amide bonds. The predicted octanol–water partition coefficient (Wildman–Crippen LogP) is 0.411. The second kappa shape index (κ2) is 4.31. The SMILES string of the molecule is CC(C)NC(=O)N1CCN2C(=O)CCC2C1. The monoisotopic (exact) mass is 225 g/mol. The molecule has 2 aliphatic rings. The number of rotatable bonds is 1. The van der Waals surface area contributed by atoms with Crippen LogP contribution in [-0.2, 0) is 4.79 Å². The predicted molar refractivity (Wildman–Crippen MR) is 60.0 cm³/mol. The van der Waals surface area contributed by atoms with Crippen molar-refractivity contribution < 1.29 is 9.59 Å². The summed E-state index contributed by atoms with van der Waals surface area (Å²) in [5, 5.41) is 2.89. The Bertz CT molecular complexity index is 304. The average Bonchev–Trinajstić information content (AvgIpc) is 2.59. The lowest BCUT2D eigenvalue weighted by Crippen LogP contribution is -2.56. The van der Waals surface area contributed by atoms with Gasteiger partial charge in [-0.15, -0.1) is 0 Å². The van der Waals surface area contributed by atoms with Crippen molar-refractivity contribution in [2.24, 2.45) is 0 Å². The maximum Gasteiger partial charge on any atom is 0.317 e. The Morgan fingerprint density at radius 2 is 2.19 bits per heavy atom. The van der Waals surface area contributed by atoms with E-state index in [9.17, 15) is 9.59 Å². The smallest absolute Gasteiger partial charge is 0.317 e. The van der Waals surface area contributed by atoms with Gasteiger partial charge in [0, 0.05) is 38.1 Å². The Kier molecular flexibility index (Phi) is 3.03. The zero-order valence-corrected chi connectivity index (χ0v) is 9.90.